The van der Waals surface area contributed by atoms with Crippen LogP contribution in [0.5, 0.6) is 0 Å². The number of fused-ring (bicyclic) bond motifs is 1. The molecule has 1 aliphatic carbocycles. The van der Waals surface area contributed by atoms with Gasteiger partial charge in [0.1, 0.15) is 0 Å². The Morgan fingerprint density at radius 2 is 1.57 bits per heavy atom. The number of Topliss-reactive ketones (excluding diaryl/α,β-unsaturated/α-hetero) is 1. The lowest BCUT2D eigenvalue weighted by atomic mass is 9.90. The highest BCUT2D eigenvalue weighted by molar-refractivity contribution is 6.24. The minimum absolute atomic E-state index is 0. The monoisotopic (exact) mass is 208 g/mol. The smallest absolute Gasteiger partial charge is 0.189 e. The van der Waals surface area contributed by atoms with E-state index in [1.165, 1.54) is 6.08 Å². The number of carbonyl (C=O) groups is 2. The second-order valence-electron chi connectivity index (χ2n) is 3.07. The van der Waals surface area contributed by atoms with Crippen LogP contribution in [0.1, 0.15) is 27.6 Å². The molecule has 2 rings (SSSR count). The van der Waals surface area contributed by atoms with Crippen LogP contribution >= 0.6 is 12.4 Å². The van der Waals surface area contributed by atoms with Gasteiger partial charge in [-0.1, -0.05) is 24.3 Å². The lowest BCUT2D eigenvalue weighted by Gasteiger charge is -2.11. The van der Waals surface area contributed by atoms with Crippen molar-refractivity contribution in [2.45, 2.75) is 6.92 Å². The van der Waals surface area contributed by atoms with Gasteiger partial charge in [-0.25, -0.2) is 0 Å². The molecule has 2 nitrogen and oxygen atoms in total. The first-order valence-corrected chi connectivity index (χ1v) is 4.06. The summed E-state index contributed by atoms with van der Waals surface area (Å²) in [6.07, 6.45) is 1.39. The second kappa shape index (κ2) is 3.76. The second-order valence-corrected chi connectivity index (χ2v) is 3.07. The first-order chi connectivity index (χ1) is 6.20. The van der Waals surface area contributed by atoms with Gasteiger partial charge in [-0.3, -0.25) is 9.59 Å². The van der Waals surface area contributed by atoms with Crippen molar-refractivity contribution in [2.24, 2.45) is 0 Å². The lowest BCUT2D eigenvalue weighted by molar-refractivity contribution is 0.0984. The predicted octanol–water partition coefficient (Wildman–Crippen LogP) is 2.43. The Morgan fingerprint density at radius 1 is 1.00 bits per heavy atom. The molecule has 0 saturated carbocycles. The maximum Gasteiger partial charge on any atom is 0.189 e. The molecule has 1 aliphatic rings. The summed E-state index contributed by atoms with van der Waals surface area (Å²) >= 11 is 0. The van der Waals surface area contributed by atoms with Gasteiger partial charge in [0.15, 0.2) is 11.6 Å². The number of hydrogen-bond acceptors (Lipinski definition) is 2. The van der Waals surface area contributed by atoms with E-state index in [1.54, 1.807) is 31.2 Å². The van der Waals surface area contributed by atoms with Crippen molar-refractivity contribution in [2.75, 3.05) is 0 Å². The summed E-state index contributed by atoms with van der Waals surface area (Å²) in [4.78, 5) is 23.0. The zero-order chi connectivity index (χ0) is 9.42. The fraction of sp³-hybridized carbons (Fsp3) is 0.0909. The SMILES string of the molecule is CC1=CC(=O)c2ccccc2C1=O.Cl. The number of carbonyl (C=O) groups excluding carboxylic acids is 2. The van der Waals surface area contributed by atoms with Crippen LogP contribution in [0.2, 0.25) is 0 Å². The van der Waals surface area contributed by atoms with E-state index in [4.69, 9.17) is 0 Å². The molecule has 14 heavy (non-hydrogen) atoms. The Labute approximate surface area is 88.0 Å². The number of hydrogen-bond donors (Lipinski definition) is 0. The van der Waals surface area contributed by atoms with Gasteiger partial charge in [0.2, 0.25) is 0 Å². The van der Waals surface area contributed by atoms with Crippen LogP contribution in [-0.4, -0.2) is 11.6 Å². The fourth-order valence-corrected chi connectivity index (χ4v) is 1.45. The fourth-order valence-electron chi connectivity index (χ4n) is 1.45. The van der Waals surface area contributed by atoms with E-state index < -0.39 is 0 Å². The van der Waals surface area contributed by atoms with E-state index in [1.807, 2.05) is 0 Å². The van der Waals surface area contributed by atoms with E-state index in [9.17, 15) is 9.59 Å². The molecule has 0 aliphatic heterocycles. The zero-order valence-corrected chi connectivity index (χ0v) is 8.43. The molecule has 0 N–H and O–H groups in total. The van der Waals surface area contributed by atoms with Gasteiger partial charge in [0.05, 0.1) is 0 Å². The summed E-state index contributed by atoms with van der Waals surface area (Å²) in [5, 5.41) is 0. The molecule has 0 spiro atoms. The van der Waals surface area contributed by atoms with Gasteiger partial charge in [-0.2, -0.15) is 0 Å². The molecule has 72 valence electrons. The van der Waals surface area contributed by atoms with Crippen LogP contribution in [0, 0.1) is 0 Å². The molecule has 0 atom stereocenters. The number of rotatable bonds is 0. The summed E-state index contributed by atoms with van der Waals surface area (Å²) in [6.45, 7) is 1.66. The van der Waals surface area contributed by atoms with Gasteiger partial charge < -0.3 is 0 Å². The van der Waals surface area contributed by atoms with Crippen LogP contribution in [0.4, 0.5) is 0 Å². The number of halogens is 1. The Hall–Kier alpha value is -1.41. The third-order valence-electron chi connectivity index (χ3n) is 2.14. The summed E-state index contributed by atoms with van der Waals surface area (Å²) < 4.78 is 0. The molecule has 0 fully saturated rings. The van der Waals surface area contributed by atoms with Crippen molar-refractivity contribution in [3.63, 3.8) is 0 Å². The maximum absolute atomic E-state index is 11.5. The predicted molar refractivity (Wildman–Crippen MR) is 56.1 cm³/mol. The van der Waals surface area contributed by atoms with E-state index in [2.05, 4.69) is 0 Å². The zero-order valence-electron chi connectivity index (χ0n) is 7.61. The average Bonchev–Trinajstić information content (AvgIpc) is 2.15. The molecule has 1 aromatic rings. The Kier molecular flexibility index (Phi) is 2.87. The van der Waals surface area contributed by atoms with Gasteiger partial charge >= 0.3 is 0 Å². The first kappa shape index (κ1) is 10.7. The summed E-state index contributed by atoms with van der Waals surface area (Å²) in [7, 11) is 0. The summed E-state index contributed by atoms with van der Waals surface area (Å²) in [6, 6.07) is 6.89. The average molecular weight is 209 g/mol. The third kappa shape index (κ3) is 1.49. The first-order valence-electron chi connectivity index (χ1n) is 4.06. The molecule has 1 aromatic carbocycles. The van der Waals surface area contributed by atoms with Crippen molar-refractivity contribution in [1.29, 1.82) is 0 Å². The lowest BCUT2D eigenvalue weighted by Crippen LogP contribution is -2.14. The van der Waals surface area contributed by atoms with Gasteiger partial charge in [0.25, 0.3) is 0 Å². The standard InChI is InChI=1S/C11H8O2.ClH/c1-7-6-10(12)8-4-2-3-5-9(8)11(7)13;/h2-6H,1H3;1H. The molecule has 3 heteroatoms. The number of allylic oxidation sites excluding steroid dienone is 2. The molecular formula is C11H9ClO2. The van der Waals surface area contributed by atoms with Crippen LogP contribution in [0.3, 0.4) is 0 Å². The van der Waals surface area contributed by atoms with Crippen LogP contribution in [0.15, 0.2) is 35.9 Å². The molecule has 0 amide bonds. The molecular weight excluding hydrogens is 200 g/mol. The highest BCUT2D eigenvalue weighted by Gasteiger charge is 2.21. The van der Waals surface area contributed by atoms with E-state index in [0.29, 0.717) is 16.7 Å². The van der Waals surface area contributed by atoms with Crippen molar-refractivity contribution < 1.29 is 9.59 Å². The summed E-state index contributed by atoms with van der Waals surface area (Å²) in [5.74, 6) is -0.122. The Balaban J connectivity index is 0.000000980. The van der Waals surface area contributed by atoms with Crippen LogP contribution < -0.4 is 0 Å². The van der Waals surface area contributed by atoms with Crippen LogP contribution in [-0.2, 0) is 0 Å². The van der Waals surface area contributed by atoms with Crippen molar-refractivity contribution in [3.8, 4) is 0 Å². The van der Waals surface area contributed by atoms with Crippen LogP contribution in [0.25, 0.3) is 0 Å². The van der Waals surface area contributed by atoms with Crippen molar-refractivity contribution in [1.82, 2.24) is 0 Å². The molecule has 0 bridgehead atoms. The molecule has 0 unspecified atom stereocenters. The van der Waals surface area contributed by atoms with Crippen molar-refractivity contribution in [3.05, 3.63) is 47.0 Å². The number of ketones is 2. The van der Waals surface area contributed by atoms with Crippen molar-refractivity contribution >= 4 is 24.0 Å². The highest BCUT2D eigenvalue weighted by Crippen LogP contribution is 2.20. The quantitative estimate of drug-likeness (QED) is 0.656. The third-order valence-corrected chi connectivity index (χ3v) is 2.14. The Bertz CT molecular complexity index is 433. The number of benzene rings is 1. The summed E-state index contributed by atoms with van der Waals surface area (Å²) in [5.41, 5.74) is 1.55. The minimum Gasteiger partial charge on any atom is -0.289 e. The van der Waals surface area contributed by atoms with Gasteiger partial charge in [-0.05, 0) is 13.0 Å². The Morgan fingerprint density at radius 3 is 2.21 bits per heavy atom. The maximum atomic E-state index is 11.5. The molecule has 0 saturated heterocycles. The van der Waals surface area contributed by atoms with Gasteiger partial charge in [0, 0.05) is 16.7 Å². The molecule has 0 radical (unpaired) electrons. The largest absolute Gasteiger partial charge is 0.289 e. The van der Waals surface area contributed by atoms with E-state index >= 15 is 0 Å². The molecule has 0 aromatic heterocycles. The van der Waals surface area contributed by atoms with E-state index in [0.717, 1.165) is 0 Å². The van der Waals surface area contributed by atoms with Gasteiger partial charge in [-0.15, -0.1) is 12.4 Å². The highest BCUT2D eigenvalue weighted by atomic mass is 35.5. The topological polar surface area (TPSA) is 34.1 Å². The minimum atomic E-state index is -0.0762. The van der Waals surface area contributed by atoms with E-state index in [-0.39, 0.29) is 24.0 Å². The molecule has 0 heterocycles. The normalized spacial score (nSPS) is 14.2.